The number of hydrogen-bond donors (Lipinski definition) is 2. The minimum absolute atomic E-state index is 0.0650. The van der Waals surface area contributed by atoms with Crippen LogP contribution in [0.3, 0.4) is 0 Å². The molecule has 1 heterocycles. The second-order valence-corrected chi connectivity index (χ2v) is 14.1. The molecule has 1 aliphatic heterocycles. The van der Waals surface area contributed by atoms with E-state index in [0.29, 0.717) is 24.0 Å². The number of carbonyl (C=O) groups excluding carboxylic acids is 1. The molecule has 3 aromatic carbocycles. The van der Waals surface area contributed by atoms with Crippen molar-refractivity contribution in [1.29, 1.82) is 0 Å². The van der Waals surface area contributed by atoms with Gasteiger partial charge in [-0.3, -0.25) is 4.79 Å². The van der Waals surface area contributed by atoms with Crippen LogP contribution in [0, 0.1) is 0 Å². The van der Waals surface area contributed by atoms with Crippen LogP contribution >= 0.6 is 11.6 Å². The summed E-state index contributed by atoms with van der Waals surface area (Å²) in [5, 5.41) is 1.48. The number of ether oxygens (including phenoxy) is 2. The topological polar surface area (TPSA) is 111 Å². The Morgan fingerprint density at radius 3 is 2.27 bits per heavy atom. The van der Waals surface area contributed by atoms with E-state index in [1.807, 2.05) is 6.07 Å². The summed E-state index contributed by atoms with van der Waals surface area (Å²) in [5.41, 5.74) is 5.38. The van der Waals surface area contributed by atoms with Gasteiger partial charge in [0.1, 0.15) is 11.5 Å². The summed E-state index contributed by atoms with van der Waals surface area (Å²) in [6.45, 7) is 0.290. The molecular weight excluding hydrogens is 612 g/mol. The van der Waals surface area contributed by atoms with Crippen LogP contribution in [0.25, 0.3) is 10.8 Å². The van der Waals surface area contributed by atoms with E-state index >= 15 is 8.78 Å². The quantitative estimate of drug-likeness (QED) is 0.290. The fraction of sp³-hybridized carbons (Fsp3) is 0.469. The zero-order valence-corrected chi connectivity index (χ0v) is 25.8. The van der Waals surface area contributed by atoms with Gasteiger partial charge in [-0.25, -0.2) is 8.42 Å². The summed E-state index contributed by atoms with van der Waals surface area (Å²) in [5.74, 6) is -4.22. The fourth-order valence-corrected chi connectivity index (χ4v) is 7.17. The number of halogens is 3. The number of likely N-dealkylation sites (tertiary alicyclic amines) is 1. The lowest BCUT2D eigenvalue weighted by atomic mass is 9.98. The van der Waals surface area contributed by atoms with Crippen LogP contribution in [0.1, 0.15) is 56.9 Å². The molecule has 0 unspecified atom stereocenters. The summed E-state index contributed by atoms with van der Waals surface area (Å²) < 4.78 is 73.9. The molecule has 1 amide bonds. The van der Waals surface area contributed by atoms with Gasteiger partial charge in [-0.15, -0.1) is 0 Å². The van der Waals surface area contributed by atoms with Gasteiger partial charge in [0.05, 0.1) is 22.1 Å². The molecule has 0 radical (unpaired) electrons. The van der Waals surface area contributed by atoms with Crippen LogP contribution in [0.15, 0.2) is 59.5 Å². The number of nitrogens with two attached hydrogens (primary N) is 1. The highest BCUT2D eigenvalue weighted by molar-refractivity contribution is 7.89. The number of piperidine rings is 1. The Morgan fingerprint density at radius 1 is 0.909 bits per heavy atom. The van der Waals surface area contributed by atoms with E-state index in [9.17, 15) is 13.2 Å². The molecule has 2 aliphatic carbocycles. The maximum Gasteiger partial charge on any atom is 0.298 e. The predicted molar refractivity (Wildman–Crippen MR) is 164 cm³/mol. The highest BCUT2D eigenvalue weighted by Gasteiger charge is 2.50. The Morgan fingerprint density at radius 2 is 1.57 bits per heavy atom. The number of fused-ring (bicyclic) bond motifs is 1. The second kappa shape index (κ2) is 12.4. The Hall–Kier alpha value is -2.99. The summed E-state index contributed by atoms with van der Waals surface area (Å²) in [6.07, 6.45) is 6.75. The standard InChI is InChI=1S/C32H36ClF2N3O5S/c33-28-12-7-22(19-29(28)43-25-9-10-25)32(34,35)30(31(39)38-15-13-23(36)14-16-38)37-44(40,41)27-11-6-20-17-26(8-5-21(20)18-27)42-24-3-1-2-4-24/h5-8,11-12,17-19,23-25,30,37H,1-4,9-10,13-16,36H2/t30-/m0/s1. The van der Waals surface area contributed by atoms with Gasteiger partial charge in [-0.1, -0.05) is 29.8 Å². The SMILES string of the molecule is NC1CCN(C(=O)[C@H](NS(=O)(=O)c2ccc3cc(OC4CCCC4)ccc3c2)C(F)(F)c2ccc(Cl)c(OC3CC3)c2)CC1. The summed E-state index contributed by atoms with van der Waals surface area (Å²) in [4.78, 5) is 14.7. The van der Waals surface area contributed by atoms with Crippen LogP contribution in [0.5, 0.6) is 11.5 Å². The Balaban J connectivity index is 1.30. The van der Waals surface area contributed by atoms with E-state index in [4.69, 9.17) is 26.8 Å². The van der Waals surface area contributed by atoms with Gasteiger partial charge in [0.25, 0.3) is 5.92 Å². The summed E-state index contributed by atoms with van der Waals surface area (Å²) >= 11 is 6.21. The highest BCUT2D eigenvalue weighted by Crippen LogP contribution is 2.40. The maximum atomic E-state index is 16.4. The number of alkyl halides is 2. The molecule has 1 saturated heterocycles. The minimum atomic E-state index is -4.58. The molecule has 3 aliphatic rings. The molecule has 0 bridgehead atoms. The fourth-order valence-electron chi connectivity index (χ4n) is 5.78. The van der Waals surface area contributed by atoms with Gasteiger partial charge < -0.3 is 20.1 Å². The third kappa shape index (κ3) is 6.80. The van der Waals surface area contributed by atoms with Gasteiger partial charge in [-0.2, -0.15) is 13.5 Å². The third-order valence-corrected chi connectivity index (χ3v) is 10.3. The average Bonchev–Trinajstić information content (AvgIpc) is 3.68. The number of hydrogen-bond acceptors (Lipinski definition) is 6. The lowest BCUT2D eigenvalue weighted by molar-refractivity contribution is -0.145. The van der Waals surface area contributed by atoms with E-state index in [1.165, 1.54) is 23.1 Å². The van der Waals surface area contributed by atoms with Crippen LogP contribution in [0.2, 0.25) is 5.02 Å². The smallest absolute Gasteiger partial charge is 0.298 e. The van der Waals surface area contributed by atoms with Crippen LogP contribution in [-0.4, -0.2) is 56.6 Å². The van der Waals surface area contributed by atoms with Crippen LogP contribution in [-0.2, 0) is 20.7 Å². The first-order valence-electron chi connectivity index (χ1n) is 15.1. The van der Waals surface area contributed by atoms with E-state index in [2.05, 4.69) is 4.72 Å². The van der Waals surface area contributed by atoms with E-state index < -0.39 is 33.5 Å². The number of nitrogens with zero attached hydrogens (tertiary/aromatic N) is 1. The van der Waals surface area contributed by atoms with Crippen molar-refractivity contribution in [2.75, 3.05) is 13.1 Å². The van der Waals surface area contributed by atoms with E-state index in [1.54, 1.807) is 18.2 Å². The van der Waals surface area contributed by atoms with Crippen molar-refractivity contribution in [1.82, 2.24) is 9.62 Å². The van der Waals surface area contributed by atoms with E-state index in [-0.39, 0.29) is 47.0 Å². The molecule has 3 aromatic rings. The first kappa shape index (κ1) is 31.0. The Kier molecular flexibility index (Phi) is 8.76. The molecule has 236 valence electrons. The van der Waals surface area contributed by atoms with Gasteiger partial charge in [0.15, 0.2) is 6.04 Å². The maximum absolute atomic E-state index is 16.4. The molecule has 12 heteroatoms. The molecule has 0 spiro atoms. The summed E-state index contributed by atoms with van der Waals surface area (Å²) in [7, 11) is -4.58. The molecule has 8 nitrogen and oxygen atoms in total. The van der Waals surface area contributed by atoms with Gasteiger partial charge in [0.2, 0.25) is 15.9 Å². The zero-order chi connectivity index (χ0) is 31.1. The lowest BCUT2D eigenvalue weighted by Gasteiger charge is -2.35. The first-order chi connectivity index (χ1) is 21.0. The Bertz CT molecular complexity index is 1640. The van der Waals surface area contributed by atoms with E-state index in [0.717, 1.165) is 56.0 Å². The molecular formula is C32H36ClF2N3O5S. The number of carbonyl (C=O) groups is 1. The largest absolute Gasteiger partial charge is 0.490 e. The molecule has 2 saturated carbocycles. The van der Waals surface area contributed by atoms with Crippen molar-refractivity contribution >= 4 is 38.3 Å². The Labute approximate surface area is 260 Å². The van der Waals surface area contributed by atoms with Crippen molar-refractivity contribution in [2.45, 2.75) is 86.5 Å². The van der Waals surface area contributed by atoms with Crippen LogP contribution < -0.4 is 19.9 Å². The number of amides is 1. The third-order valence-electron chi connectivity index (χ3n) is 8.57. The molecule has 0 aromatic heterocycles. The minimum Gasteiger partial charge on any atom is -0.490 e. The lowest BCUT2D eigenvalue weighted by Crippen LogP contribution is -2.58. The molecule has 6 rings (SSSR count). The molecule has 3 N–H and O–H groups in total. The van der Waals surface area contributed by atoms with Crippen molar-refractivity contribution < 1.29 is 31.5 Å². The molecule has 3 fully saturated rings. The van der Waals surface area contributed by atoms with Crippen LogP contribution in [0.4, 0.5) is 8.78 Å². The number of benzene rings is 3. The van der Waals surface area contributed by atoms with Crippen molar-refractivity contribution in [3.63, 3.8) is 0 Å². The zero-order valence-electron chi connectivity index (χ0n) is 24.2. The van der Waals surface area contributed by atoms with Crippen molar-refractivity contribution in [3.8, 4) is 11.5 Å². The normalized spacial score (nSPS) is 19.3. The van der Waals surface area contributed by atoms with Crippen molar-refractivity contribution in [2.24, 2.45) is 5.73 Å². The van der Waals surface area contributed by atoms with Gasteiger partial charge >= 0.3 is 0 Å². The second-order valence-electron chi connectivity index (χ2n) is 12.0. The van der Waals surface area contributed by atoms with Gasteiger partial charge in [0, 0.05) is 24.7 Å². The average molecular weight is 648 g/mol. The summed E-state index contributed by atoms with van der Waals surface area (Å²) in [6, 6.07) is 10.6. The first-order valence-corrected chi connectivity index (χ1v) is 17.0. The molecule has 44 heavy (non-hydrogen) atoms. The number of sulfonamides is 1. The van der Waals surface area contributed by atoms with Crippen molar-refractivity contribution in [3.05, 3.63) is 65.2 Å². The predicted octanol–water partition coefficient (Wildman–Crippen LogP) is 5.74. The number of rotatable bonds is 10. The molecule has 1 atom stereocenters. The highest BCUT2D eigenvalue weighted by atomic mass is 35.5. The monoisotopic (exact) mass is 647 g/mol. The number of nitrogens with one attached hydrogen (secondary N) is 1. The van der Waals surface area contributed by atoms with Gasteiger partial charge in [-0.05, 0) is 98.5 Å².